The van der Waals surface area contributed by atoms with Crippen molar-refractivity contribution in [3.05, 3.63) is 95.1 Å². The number of fused-ring (bicyclic) bond motifs is 3. The Morgan fingerprint density at radius 2 is 1.83 bits per heavy atom. The van der Waals surface area contributed by atoms with Crippen molar-refractivity contribution >= 4 is 39.8 Å². The third kappa shape index (κ3) is 3.81. The van der Waals surface area contributed by atoms with Crippen LogP contribution < -0.4 is 0 Å². The van der Waals surface area contributed by atoms with Crippen LogP contribution in [0.4, 0.5) is 0 Å². The highest BCUT2D eigenvalue weighted by Gasteiger charge is 2.20. The molecule has 6 aromatic rings. The molecule has 5 heterocycles. The van der Waals surface area contributed by atoms with Gasteiger partial charge in [0.2, 0.25) is 0 Å². The second-order valence-corrected chi connectivity index (χ2v) is 8.77. The van der Waals surface area contributed by atoms with Gasteiger partial charge in [-0.25, -0.2) is 15.0 Å². The maximum absolute atomic E-state index is 10.2. The second kappa shape index (κ2) is 8.74. The van der Waals surface area contributed by atoms with Gasteiger partial charge in [0.15, 0.2) is 0 Å². The Kier molecular flexibility index (Phi) is 5.41. The minimum Gasteiger partial charge on any atom is -0.390 e. The zero-order valence-corrected chi connectivity index (χ0v) is 19.7. The molecule has 0 radical (unpaired) electrons. The molecule has 0 fully saturated rings. The third-order valence-electron chi connectivity index (χ3n) is 5.83. The highest BCUT2D eigenvalue weighted by molar-refractivity contribution is 6.39. The standard InChI is InChI=1S/C25H17Cl2N7O/c26-19-2-1-3-20(27)23(19)24-22(13-35)34-7-5-21-18(25(34)32-24)8-15(9-29-21)16-10-31-33(11-16)12-17-4-6-28-14-30-17/h1-11,14,35H,12-13H2. The van der Waals surface area contributed by atoms with E-state index in [0.29, 0.717) is 39.2 Å². The van der Waals surface area contributed by atoms with E-state index in [0.717, 1.165) is 27.7 Å². The molecule has 0 bridgehead atoms. The number of halogens is 2. The molecule has 8 nitrogen and oxygen atoms in total. The van der Waals surface area contributed by atoms with E-state index in [4.69, 9.17) is 28.2 Å². The van der Waals surface area contributed by atoms with Gasteiger partial charge in [-0.2, -0.15) is 5.10 Å². The zero-order valence-electron chi connectivity index (χ0n) is 18.2. The number of hydrogen-bond donors (Lipinski definition) is 1. The van der Waals surface area contributed by atoms with Gasteiger partial charge in [-0.1, -0.05) is 29.3 Å². The lowest BCUT2D eigenvalue weighted by Crippen LogP contribution is -2.01. The van der Waals surface area contributed by atoms with E-state index in [-0.39, 0.29) is 6.61 Å². The lowest BCUT2D eigenvalue weighted by Gasteiger charge is -2.06. The predicted octanol–water partition coefficient (Wildman–Crippen LogP) is 5.05. The minimum absolute atomic E-state index is 0.230. The summed E-state index contributed by atoms with van der Waals surface area (Å²) < 4.78 is 3.67. The highest BCUT2D eigenvalue weighted by Crippen LogP contribution is 2.37. The summed E-state index contributed by atoms with van der Waals surface area (Å²) in [5.74, 6) is 0. The monoisotopic (exact) mass is 501 g/mol. The van der Waals surface area contributed by atoms with E-state index < -0.39 is 0 Å². The fourth-order valence-corrected chi connectivity index (χ4v) is 4.74. The fraction of sp³-hybridized carbons (Fsp3) is 0.0800. The Morgan fingerprint density at radius 3 is 2.60 bits per heavy atom. The Labute approximate surface area is 209 Å². The van der Waals surface area contributed by atoms with Crippen LogP contribution in [0.5, 0.6) is 0 Å². The lowest BCUT2D eigenvalue weighted by molar-refractivity contribution is 0.276. The van der Waals surface area contributed by atoms with Crippen LogP contribution >= 0.6 is 23.2 Å². The molecule has 5 aromatic heterocycles. The average Bonchev–Trinajstić information content (AvgIpc) is 3.49. The largest absolute Gasteiger partial charge is 0.390 e. The van der Waals surface area contributed by atoms with Gasteiger partial charge in [0.25, 0.3) is 0 Å². The molecule has 1 aromatic carbocycles. The van der Waals surface area contributed by atoms with Crippen molar-refractivity contribution in [2.24, 2.45) is 0 Å². The van der Waals surface area contributed by atoms with E-state index in [1.807, 2.05) is 45.9 Å². The molecule has 0 atom stereocenters. The minimum atomic E-state index is -0.230. The van der Waals surface area contributed by atoms with E-state index in [9.17, 15) is 5.11 Å². The summed E-state index contributed by atoms with van der Waals surface area (Å²) in [7, 11) is 0. The first-order valence-electron chi connectivity index (χ1n) is 10.7. The number of hydrogen-bond acceptors (Lipinski definition) is 6. The van der Waals surface area contributed by atoms with Crippen LogP contribution in [0.15, 0.2) is 73.7 Å². The molecule has 0 saturated heterocycles. The van der Waals surface area contributed by atoms with E-state index >= 15 is 0 Å². The van der Waals surface area contributed by atoms with Crippen molar-refractivity contribution in [1.82, 2.24) is 34.1 Å². The van der Waals surface area contributed by atoms with Gasteiger partial charge in [0.05, 0.1) is 52.0 Å². The molecular weight excluding hydrogens is 485 g/mol. The SMILES string of the molecule is OCc1c(-c2c(Cl)cccc2Cl)nc2c3cc(-c4cnn(Cc5ccncn5)c4)cnc3ccn12. The molecule has 0 aliphatic heterocycles. The van der Waals surface area contributed by atoms with Gasteiger partial charge in [0, 0.05) is 46.9 Å². The van der Waals surface area contributed by atoms with Gasteiger partial charge >= 0.3 is 0 Å². The quantitative estimate of drug-likeness (QED) is 0.355. The Bertz CT molecular complexity index is 1680. The summed E-state index contributed by atoms with van der Waals surface area (Å²) in [4.78, 5) is 17.7. The van der Waals surface area contributed by atoms with Crippen molar-refractivity contribution in [3.8, 4) is 22.4 Å². The van der Waals surface area contributed by atoms with Crippen molar-refractivity contribution in [1.29, 1.82) is 0 Å². The topological polar surface area (TPSA) is 94.0 Å². The molecule has 0 spiro atoms. The van der Waals surface area contributed by atoms with E-state index in [2.05, 4.69) is 20.1 Å². The van der Waals surface area contributed by atoms with Gasteiger partial charge < -0.3 is 9.51 Å². The zero-order chi connectivity index (χ0) is 23.9. The van der Waals surface area contributed by atoms with Crippen molar-refractivity contribution in [3.63, 3.8) is 0 Å². The van der Waals surface area contributed by atoms with Crippen molar-refractivity contribution in [2.75, 3.05) is 0 Å². The summed E-state index contributed by atoms with van der Waals surface area (Å²) in [5, 5.41) is 16.4. The van der Waals surface area contributed by atoms with Crippen molar-refractivity contribution < 1.29 is 5.11 Å². The molecule has 1 N–H and O–H groups in total. The van der Waals surface area contributed by atoms with Gasteiger partial charge in [-0.15, -0.1) is 0 Å². The molecule has 172 valence electrons. The van der Waals surface area contributed by atoms with Crippen LogP contribution in [-0.2, 0) is 13.2 Å². The molecule has 0 amide bonds. The molecule has 10 heteroatoms. The molecule has 0 aliphatic carbocycles. The third-order valence-corrected chi connectivity index (χ3v) is 6.46. The summed E-state index contributed by atoms with van der Waals surface area (Å²) in [6.45, 7) is 0.308. The Hall–Kier alpha value is -3.85. The van der Waals surface area contributed by atoms with Gasteiger partial charge in [-0.3, -0.25) is 9.67 Å². The number of benzene rings is 1. The normalized spacial score (nSPS) is 11.5. The summed E-state index contributed by atoms with van der Waals surface area (Å²) in [6.07, 6.45) is 10.6. The molecular formula is C25H17Cl2N7O. The van der Waals surface area contributed by atoms with Crippen LogP contribution in [0.25, 0.3) is 38.9 Å². The first kappa shape index (κ1) is 21.7. The van der Waals surface area contributed by atoms with Gasteiger partial charge in [-0.05, 0) is 30.3 Å². The Morgan fingerprint density at radius 1 is 0.971 bits per heavy atom. The number of pyridine rings is 2. The number of nitrogens with zero attached hydrogens (tertiary/aromatic N) is 7. The number of aliphatic hydroxyl groups excluding tert-OH is 1. The molecule has 0 unspecified atom stereocenters. The van der Waals surface area contributed by atoms with E-state index in [1.54, 1.807) is 30.6 Å². The van der Waals surface area contributed by atoms with Crippen molar-refractivity contribution in [2.45, 2.75) is 13.2 Å². The van der Waals surface area contributed by atoms with Gasteiger partial charge in [0.1, 0.15) is 12.0 Å². The van der Waals surface area contributed by atoms with Crippen LogP contribution in [0.3, 0.4) is 0 Å². The molecule has 6 rings (SSSR count). The number of aliphatic hydroxyl groups is 1. The van der Waals surface area contributed by atoms with Crippen LogP contribution in [0.1, 0.15) is 11.4 Å². The molecule has 0 saturated carbocycles. The number of aromatic nitrogens is 7. The van der Waals surface area contributed by atoms with Crippen LogP contribution in [0.2, 0.25) is 10.0 Å². The summed E-state index contributed by atoms with van der Waals surface area (Å²) in [5.41, 5.74) is 5.84. The smallest absolute Gasteiger partial charge is 0.147 e. The summed E-state index contributed by atoms with van der Waals surface area (Å²) in [6, 6.07) is 11.1. The Balaban J connectivity index is 1.47. The maximum atomic E-state index is 10.2. The number of imidazole rings is 1. The first-order valence-corrected chi connectivity index (χ1v) is 11.5. The first-order chi connectivity index (χ1) is 17.1. The fourth-order valence-electron chi connectivity index (χ4n) is 4.16. The highest BCUT2D eigenvalue weighted by atomic mass is 35.5. The van der Waals surface area contributed by atoms with Crippen LogP contribution in [0, 0.1) is 0 Å². The van der Waals surface area contributed by atoms with E-state index in [1.165, 1.54) is 6.33 Å². The number of rotatable bonds is 5. The van der Waals surface area contributed by atoms with Crippen LogP contribution in [-0.4, -0.2) is 39.2 Å². The maximum Gasteiger partial charge on any atom is 0.147 e. The lowest BCUT2D eigenvalue weighted by atomic mass is 10.1. The summed E-state index contributed by atoms with van der Waals surface area (Å²) >= 11 is 12.9. The molecule has 35 heavy (non-hydrogen) atoms. The molecule has 0 aliphatic rings. The average molecular weight is 502 g/mol. The second-order valence-electron chi connectivity index (χ2n) is 7.96. The predicted molar refractivity (Wildman–Crippen MR) is 134 cm³/mol.